The van der Waals surface area contributed by atoms with Gasteiger partial charge < -0.3 is 5.73 Å². The first-order chi connectivity index (χ1) is 7.16. The largest absolute Gasteiger partial charge is 0.398 e. The molecule has 15 heavy (non-hydrogen) atoms. The van der Waals surface area contributed by atoms with E-state index in [0.29, 0.717) is 22.3 Å². The van der Waals surface area contributed by atoms with E-state index in [1.807, 2.05) is 0 Å². The summed E-state index contributed by atoms with van der Waals surface area (Å²) in [5.41, 5.74) is 7.27. The van der Waals surface area contributed by atoms with Gasteiger partial charge in [-0.25, -0.2) is 4.68 Å². The molecule has 0 amide bonds. The number of halogens is 2. The first kappa shape index (κ1) is 10.3. The maximum atomic E-state index is 5.89. The minimum absolute atomic E-state index is 0.455. The molecule has 0 aliphatic rings. The number of aromatic nitrogens is 3. The van der Waals surface area contributed by atoms with E-state index >= 15 is 0 Å². The molecule has 2 aromatic rings. The molecule has 0 aliphatic carbocycles. The summed E-state index contributed by atoms with van der Waals surface area (Å²) in [6.07, 6.45) is 3.36. The smallest absolute Gasteiger partial charge is 0.0697 e. The van der Waals surface area contributed by atoms with Gasteiger partial charge in [-0.2, -0.15) is 0 Å². The minimum atomic E-state index is 0.455. The second-order valence-corrected chi connectivity index (χ2v) is 3.88. The maximum absolute atomic E-state index is 5.89. The van der Waals surface area contributed by atoms with Gasteiger partial charge in [0.15, 0.2) is 0 Å². The summed E-state index contributed by atoms with van der Waals surface area (Å²) >= 11 is 11.7. The zero-order valence-electron chi connectivity index (χ0n) is 7.69. The highest BCUT2D eigenvalue weighted by Gasteiger charge is 2.05. The second-order valence-electron chi connectivity index (χ2n) is 3.07. The van der Waals surface area contributed by atoms with E-state index < -0.39 is 0 Å². The lowest BCUT2D eigenvalue weighted by atomic mass is 10.2. The fraction of sp³-hybridized carbons (Fsp3) is 0.111. The van der Waals surface area contributed by atoms with Crippen LogP contribution in [0, 0.1) is 0 Å². The van der Waals surface area contributed by atoms with Crippen molar-refractivity contribution in [3.8, 4) is 0 Å². The van der Waals surface area contributed by atoms with Crippen LogP contribution in [-0.4, -0.2) is 15.0 Å². The van der Waals surface area contributed by atoms with Crippen LogP contribution in [0.15, 0.2) is 24.5 Å². The van der Waals surface area contributed by atoms with E-state index in [-0.39, 0.29) is 0 Å². The number of hydrogen-bond acceptors (Lipinski definition) is 3. The third-order valence-electron chi connectivity index (χ3n) is 1.99. The Kier molecular flexibility index (Phi) is 2.79. The zero-order chi connectivity index (χ0) is 10.8. The van der Waals surface area contributed by atoms with Gasteiger partial charge in [0.05, 0.1) is 22.8 Å². The Morgan fingerprint density at radius 1 is 1.27 bits per heavy atom. The van der Waals surface area contributed by atoms with Gasteiger partial charge in [-0.3, -0.25) is 0 Å². The third kappa shape index (κ3) is 2.22. The van der Waals surface area contributed by atoms with Crippen molar-refractivity contribution in [1.82, 2.24) is 15.0 Å². The van der Waals surface area contributed by atoms with E-state index in [0.717, 1.165) is 5.56 Å². The summed E-state index contributed by atoms with van der Waals surface area (Å²) in [5, 5.41) is 8.48. The van der Waals surface area contributed by atoms with Crippen molar-refractivity contribution in [1.29, 1.82) is 0 Å². The molecule has 0 saturated carbocycles. The Labute approximate surface area is 96.6 Å². The average molecular weight is 243 g/mol. The molecule has 2 rings (SSSR count). The number of nitrogens with two attached hydrogens (primary N) is 1. The predicted molar refractivity (Wildman–Crippen MR) is 60.0 cm³/mol. The van der Waals surface area contributed by atoms with Crippen LogP contribution in [0.25, 0.3) is 0 Å². The lowest BCUT2D eigenvalue weighted by molar-refractivity contribution is 0.651. The molecule has 0 spiro atoms. The number of benzene rings is 1. The van der Waals surface area contributed by atoms with Crippen LogP contribution in [0.2, 0.25) is 10.0 Å². The molecule has 0 bridgehead atoms. The fourth-order valence-corrected chi connectivity index (χ4v) is 1.59. The van der Waals surface area contributed by atoms with Crippen molar-refractivity contribution < 1.29 is 0 Å². The van der Waals surface area contributed by atoms with E-state index in [1.54, 1.807) is 29.2 Å². The van der Waals surface area contributed by atoms with Gasteiger partial charge in [-0.15, -0.1) is 5.10 Å². The Balaban J connectivity index is 2.33. The van der Waals surface area contributed by atoms with Gasteiger partial charge in [-0.1, -0.05) is 28.4 Å². The standard InChI is InChI=1S/C9H8Cl2N4/c10-7-3-6(9(12)4-8(7)11)5-15-2-1-13-14-15/h1-4H,5,12H2. The molecular weight excluding hydrogens is 235 g/mol. The lowest BCUT2D eigenvalue weighted by Gasteiger charge is -2.07. The van der Waals surface area contributed by atoms with Gasteiger partial charge in [0.1, 0.15) is 0 Å². The molecule has 6 heteroatoms. The molecule has 4 nitrogen and oxygen atoms in total. The molecule has 78 valence electrons. The van der Waals surface area contributed by atoms with Gasteiger partial charge >= 0.3 is 0 Å². The lowest BCUT2D eigenvalue weighted by Crippen LogP contribution is -2.04. The maximum Gasteiger partial charge on any atom is 0.0697 e. The van der Waals surface area contributed by atoms with Crippen LogP contribution in [0.3, 0.4) is 0 Å². The summed E-state index contributed by atoms with van der Waals surface area (Å²) in [6, 6.07) is 3.37. The van der Waals surface area contributed by atoms with Crippen molar-refractivity contribution in [2.24, 2.45) is 0 Å². The van der Waals surface area contributed by atoms with E-state index in [4.69, 9.17) is 28.9 Å². The highest BCUT2D eigenvalue weighted by Crippen LogP contribution is 2.27. The Hall–Kier alpha value is -1.26. The number of hydrogen-bond donors (Lipinski definition) is 1. The molecule has 1 aromatic carbocycles. The molecule has 2 N–H and O–H groups in total. The van der Waals surface area contributed by atoms with E-state index in [9.17, 15) is 0 Å². The predicted octanol–water partition coefficient (Wildman–Crippen LogP) is 2.22. The summed E-state index contributed by atoms with van der Waals surface area (Å²) in [4.78, 5) is 0. The van der Waals surface area contributed by atoms with Crippen molar-refractivity contribution in [2.75, 3.05) is 5.73 Å². The summed E-state index contributed by atoms with van der Waals surface area (Å²) in [5.74, 6) is 0. The SMILES string of the molecule is Nc1cc(Cl)c(Cl)cc1Cn1ccnn1. The van der Waals surface area contributed by atoms with Crippen LogP contribution in [-0.2, 0) is 6.54 Å². The highest BCUT2D eigenvalue weighted by atomic mass is 35.5. The monoisotopic (exact) mass is 242 g/mol. The number of rotatable bonds is 2. The highest BCUT2D eigenvalue weighted by molar-refractivity contribution is 6.42. The van der Waals surface area contributed by atoms with E-state index in [2.05, 4.69) is 10.3 Å². The summed E-state index contributed by atoms with van der Waals surface area (Å²) < 4.78 is 1.66. The van der Waals surface area contributed by atoms with Crippen LogP contribution in [0.1, 0.15) is 5.56 Å². The second kappa shape index (κ2) is 4.08. The molecule has 0 aliphatic heterocycles. The first-order valence-corrected chi connectivity index (χ1v) is 5.00. The molecule has 0 unspecified atom stereocenters. The Bertz CT molecular complexity index is 467. The molecule has 1 aromatic heterocycles. The van der Waals surface area contributed by atoms with Crippen molar-refractivity contribution in [2.45, 2.75) is 6.54 Å². The van der Waals surface area contributed by atoms with Crippen LogP contribution < -0.4 is 5.73 Å². The average Bonchev–Trinajstić information content (AvgIpc) is 2.67. The van der Waals surface area contributed by atoms with Crippen LogP contribution in [0.5, 0.6) is 0 Å². The van der Waals surface area contributed by atoms with Gasteiger partial charge in [0.2, 0.25) is 0 Å². The molecule has 0 fully saturated rings. The normalized spacial score (nSPS) is 10.5. The van der Waals surface area contributed by atoms with Crippen molar-refractivity contribution in [3.05, 3.63) is 40.1 Å². The zero-order valence-corrected chi connectivity index (χ0v) is 9.20. The summed E-state index contributed by atoms with van der Waals surface area (Å²) in [7, 11) is 0. The van der Waals surface area contributed by atoms with E-state index in [1.165, 1.54) is 0 Å². The third-order valence-corrected chi connectivity index (χ3v) is 2.71. The molecule has 0 radical (unpaired) electrons. The van der Waals surface area contributed by atoms with Crippen molar-refractivity contribution >= 4 is 28.9 Å². The Morgan fingerprint density at radius 2 is 2.00 bits per heavy atom. The van der Waals surface area contributed by atoms with Crippen LogP contribution in [0.4, 0.5) is 5.69 Å². The molecule has 0 atom stereocenters. The Morgan fingerprint density at radius 3 is 2.67 bits per heavy atom. The van der Waals surface area contributed by atoms with Gasteiger partial charge in [0.25, 0.3) is 0 Å². The van der Waals surface area contributed by atoms with Gasteiger partial charge in [0, 0.05) is 11.9 Å². The number of nitrogen functional groups attached to an aromatic ring is 1. The van der Waals surface area contributed by atoms with Crippen molar-refractivity contribution in [3.63, 3.8) is 0 Å². The first-order valence-electron chi connectivity index (χ1n) is 4.24. The quantitative estimate of drug-likeness (QED) is 0.822. The number of nitrogens with zero attached hydrogens (tertiary/aromatic N) is 3. The number of anilines is 1. The molecular formula is C9H8Cl2N4. The molecule has 0 saturated heterocycles. The minimum Gasteiger partial charge on any atom is -0.398 e. The molecule has 1 heterocycles. The topological polar surface area (TPSA) is 56.7 Å². The summed E-state index contributed by atoms with van der Waals surface area (Å²) in [6.45, 7) is 0.530. The fourth-order valence-electron chi connectivity index (χ4n) is 1.23. The van der Waals surface area contributed by atoms with Gasteiger partial charge in [-0.05, 0) is 17.7 Å². The van der Waals surface area contributed by atoms with Crippen LogP contribution >= 0.6 is 23.2 Å².